The molecule has 1 aliphatic carbocycles. The van der Waals surface area contributed by atoms with Gasteiger partial charge in [0, 0.05) is 49.6 Å². The molecule has 0 atom stereocenters. The molecule has 3 heterocycles. The molecule has 10 aromatic rings. The smallest absolute Gasteiger partial charge is 0.124 e. The number of thiazole rings is 1. The Morgan fingerprint density at radius 3 is 2.02 bits per heavy atom. The van der Waals surface area contributed by atoms with Crippen molar-refractivity contribution in [1.82, 2.24) is 14.1 Å². The normalized spacial score (nSPS) is 12.3. The summed E-state index contributed by atoms with van der Waals surface area (Å²) >= 11 is 1.80. The van der Waals surface area contributed by atoms with Crippen molar-refractivity contribution in [3.63, 3.8) is 0 Å². The first-order valence-corrected chi connectivity index (χ1v) is 16.8. The van der Waals surface area contributed by atoms with E-state index < -0.39 is 0 Å². The van der Waals surface area contributed by atoms with Crippen LogP contribution in [-0.4, -0.2) is 14.1 Å². The minimum absolute atomic E-state index is 1.07. The molecular formula is C43H25N3S. The number of benzene rings is 7. The highest BCUT2D eigenvalue weighted by Crippen LogP contribution is 2.52. The molecule has 0 saturated carbocycles. The maximum Gasteiger partial charge on any atom is 0.124 e. The van der Waals surface area contributed by atoms with E-state index >= 15 is 0 Å². The van der Waals surface area contributed by atoms with Crippen LogP contribution in [0.2, 0.25) is 0 Å². The maximum atomic E-state index is 5.21. The number of para-hydroxylation sites is 3. The molecule has 0 aliphatic heterocycles. The first kappa shape index (κ1) is 25.2. The molecule has 0 N–H and O–H groups in total. The summed E-state index contributed by atoms with van der Waals surface area (Å²) in [5.41, 5.74) is 12.0. The van der Waals surface area contributed by atoms with Gasteiger partial charge in [-0.05, 0) is 53.2 Å². The average Bonchev–Trinajstić information content (AvgIpc) is 3.88. The quantitative estimate of drug-likeness (QED) is 0.194. The lowest BCUT2D eigenvalue weighted by molar-refractivity contribution is 1.18. The number of rotatable bonds is 3. The Hall–Kier alpha value is -5.97. The van der Waals surface area contributed by atoms with E-state index in [1.165, 1.54) is 81.8 Å². The second kappa shape index (κ2) is 9.29. The summed E-state index contributed by atoms with van der Waals surface area (Å²) in [5, 5.41) is 8.66. The monoisotopic (exact) mass is 615 g/mol. The first-order chi connectivity index (χ1) is 23.3. The average molecular weight is 616 g/mol. The van der Waals surface area contributed by atoms with Gasteiger partial charge in [-0.1, -0.05) is 109 Å². The number of hydrogen-bond donors (Lipinski definition) is 0. The third-order valence-electron chi connectivity index (χ3n) is 9.85. The topological polar surface area (TPSA) is 22.8 Å². The van der Waals surface area contributed by atoms with Gasteiger partial charge in [-0.2, -0.15) is 0 Å². The van der Waals surface area contributed by atoms with Crippen molar-refractivity contribution in [1.29, 1.82) is 0 Å². The Labute approximate surface area is 274 Å². The van der Waals surface area contributed by atoms with E-state index in [0.717, 1.165) is 16.3 Å². The van der Waals surface area contributed by atoms with Crippen LogP contribution >= 0.6 is 11.3 Å². The van der Waals surface area contributed by atoms with Gasteiger partial charge in [0.25, 0.3) is 0 Å². The van der Waals surface area contributed by atoms with Gasteiger partial charge >= 0.3 is 0 Å². The second-order valence-corrected chi connectivity index (χ2v) is 13.4. The van der Waals surface area contributed by atoms with Crippen molar-refractivity contribution in [2.45, 2.75) is 0 Å². The van der Waals surface area contributed by atoms with Crippen LogP contribution in [0, 0.1) is 0 Å². The Morgan fingerprint density at radius 2 is 1.19 bits per heavy atom. The molecule has 0 fully saturated rings. The molecule has 0 spiro atoms. The summed E-state index contributed by atoms with van der Waals surface area (Å²) in [4.78, 5) is 6.46. The largest absolute Gasteiger partial charge is 0.309 e. The highest BCUT2D eigenvalue weighted by Gasteiger charge is 2.28. The third-order valence-corrected chi connectivity index (χ3v) is 11.0. The van der Waals surface area contributed by atoms with Crippen molar-refractivity contribution in [2.24, 2.45) is 0 Å². The minimum Gasteiger partial charge on any atom is -0.309 e. The number of fused-ring (bicyclic) bond motifs is 10. The van der Waals surface area contributed by atoms with Crippen molar-refractivity contribution in [3.05, 3.63) is 152 Å². The molecule has 7 aromatic carbocycles. The van der Waals surface area contributed by atoms with Crippen LogP contribution in [0.3, 0.4) is 0 Å². The number of hydrogen-bond acceptors (Lipinski definition) is 2. The molecule has 4 heteroatoms. The van der Waals surface area contributed by atoms with E-state index in [1.807, 2.05) is 0 Å². The van der Waals surface area contributed by atoms with Crippen molar-refractivity contribution >= 4 is 65.7 Å². The molecule has 47 heavy (non-hydrogen) atoms. The molecular weight excluding hydrogens is 591 g/mol. The van der Waals surface area contributed by atoms with Crippen LogP contribution in [-0.2, 0) is 0 Å². The highest BCUT2D eigenvalue weighted by atomic mass is 32.1. The van der Waals surface area contributed by atoms with Crippen LogP contribution in [0.5, 0.6) is 0 Å². The standard InChI is InChI=1S/C43H25N3S/c1-3-12-26(13-4-1)43-44-40-33-19-11-14-27-24-29(25-34(38(27)33)42(40)47-43)46-35-20-9-7-17-30(35)31-22-23-37-39(41(31)46)32-18-8-10-21-36(32)45(37)28-15-5-2-6-16-28/h1-25H. The number of aromatic nitrogens is 3. The molecule has 0 radical (unpaired) electrons. The molecule has 218 valence electrons. The molecule has 0 saturated heterocycles. The first-order valence-electron chi connectivity index (χ1n) is 16.0. The van der Waals surface area contributed by atoms with Gasteiger partial charge in [-0.25, -0.2) is 4.98 Å². The SMILES string of the molecule is c1ccc(-c2nc3c(s2)-c2cc(-n4c5ccccc5c5ccc6c(c7ccccc7n6-c6ccccc6)c54)cc4cccc-3c24)cc1. The molecule has 3 aromatic heterocycles. The molecule has 0 unspecified atom stereocenters. The zero-order valence-corrected chi connectivity index (χ0v) is 26.0. The summed E-state index contributed by atoms with van der Waals surface area (Å²) in [6.45, 7) is 0. The highest BCUT2D eigenvalue weighted by molar-refractivity contribution is 7.19. The predicted molar refractivity (Wildman–Crippen MR) is 198 cm³/mol. The van der Waals surface area contributed by atoms with Gasteiger partial charge in [0.1, 0.15) is 5.01 Å². The lowest BCUT2D eigenvalue weighted by Gasteiger charge is -2.13. The molecule has 11 rings (SSSR count). The van der Waals surface area contributed by atoms with Crippen LogP contribution in [0.15, 0.2) is 152 Å². The van der Waals surface area contributed by atoms with E-state index in [4.69, 9.17) is 4.98 Å². The summed E-state index contributed by atoms with van der Waals surface area (Å²) < 4.78 is 4.92. The third kappa shape index (κ3) is 3.37. The fraction of sp³-hybridized carbons (Fsp3) is 0. The lowest BCUT2D eigenvalue weighted by atomic mass is 10.0. The van der Waals surface area contributed by atoms with Crippen molar-refractivity contribution < 1.29 is 0 Å². The molecule has 0 bridgehead atoms. The van der Waals surface area contributed by atoms with Gasteiger partial charge in [-0.3, -0.25) is 0 Å². The maximum absolute atomic E-state index is 5.21. The van der Waals surface area contributed by atoms with Gasteiger partial charge in [0.05, 0.1) is 32.6 Å². The van der Waals surface area contributed by atoms with Crippen molar-refractivity contribution in [3.8, 4) is 43.6 Å². The van der Waals surface area contributed by atoms with E-state index in [1.54, 1.807) is 11.3 Å². The minimum atomic E-state index is 1.07. The molecule has 1 aliphatic rings. The molecule has 0 amide bonds. The van der Waals surface area contributed by atoms with Gasteiger partial charge < -0.3 is 9.13 Å². The summed E-state index contributed by atoms with van der Waals surface area (Å²) in [6.07, 6.45) is 0. The fourth-order valence-corrected chi connectivity index (χ4v) is 9.05. The summed E-state index contributed by atoms with van der Waals surface area (Å²) in [6, 6.07) is 55.0. The summed E-state index contributed by atoms with van der Waals surface area (Å²) in [7, 11) is 0. The van der Waals surface area contributed by atoms with Crippen molar-refractivity contribution in [2.75, 3.05) is 0 Å². The van der Waals surface area contributed by atoms with Gasteiger partial charge in [0.15, 0.2) is 0 Å². The van der Waals surface area contributed by atoms with E-state index in [-0.39, 0.29) is 0 Å². The van der Waals surface area contributed by atoms with Crippen LogP contribution < -0.4 is 0 Å². The zero-order chi connectivity index (χ0) is 30.6. The van der Waals surface area contributed by atoms with Crippen LogP contribution in [0.25, 0.3) is 98.0 Å². The fourth-order valence-electron chi connectivity index (χ4n) is 7.94. The zero-order valence-electron chi connectivity index (χ0n) is 25.2. The van der Waals surface area contributed by atoms with Crippen LogP contribution in [0.1, 0.15) is 0 Å². The number of nitrogens with zero attached hydrogens (tertiary/aromatic N) is 3. The predicted octanol–water partition coefficient (Wildman–Crippen LogP) is 11.8. The second-order valence-electron chi connectivity index (χ2n) is 12.4. The Kier molecular flexibility index (Phi) is 4.99. The van der Waals surface area contributed by atoms with Crippen LogP contribution in [0.4, 0.5) is 0 Å². The molecule has 3 nitrogen and oxygen atoms in total. The van der Waals surface area contributed by atoms with Gasteiger partial charge in [0.2, 0.25) is 0 Å². The summed E-state index contributed by atoms with van der Waals surface area (Å²) in [5.74, 6) is 0. The Morgan fingerprint density at radius 1 is 0.468 bits per heavy atom. The van der Waals surface area contributed by atoms with Gasteiger partial charge in [-0.15, -0.1) is 11.3 Å². The van der Waals surface area contributed by atoms with E-state index in [0.29, 0.717) is 0 Å². The van der Waals surface area contributed by atoms with E-state index in [9.17, 15) is 0 Å². The lowest BCUT2D eigenvalue weighted by Crippen LogP contribution is -1.96. The van der Waals surface area contributed by atoms with E-state index in [2.05, 4.69) is 161 Å². The Balaban J connectivity index is 1.27. The Bertz CT molecular complexity index is 2890.